The second kappa shape index (κ2) is 6.26. The van der Waals surface area contributed by atoms with E-state index in [2.05, 4.69) is 48.7 Å². The SMILES string of the molecule is C#Cc1ccc(CN2CCc3nc(C(C)(C)C)[nH]c(=O)c3C2)cc1. The molecule has 0 fully saturated rings. The molecule has 1 N–H and O–H groups in total. The van der Waals surface area contributed by atoms with E-state index in [0.29, 0.717) is 6.54 Å². The molecule has 0 spiro atoms. The molecule has 0 atom stereocenters. The molecule has 0 bridgehead atoms. The number of terminal acetylenes is 1. The average molecular weight is 321 g/mol. The maximum atomic E-state index is 12.5. The first-order valence-electron chi connectivity index (χ1n) is 8.27. The number of aromatic amines is 1. The number of hydrogen-bond acceptors (Lipinski definition) is 3. The molecule has 1 aliphatic heterocycles. The van der Waals surface area contributed by atoms with Gasteiger partial charge >= 0.3 is 0 Å². The fourth-order valence-electron chi connectivity index (χ4n) is 2.94. The number of nitrogens with zero attached hydrogens (tertiary/aromatic N) is 2. The number of hydrogen-bond donors (Lipinski definition) is 1. The Balaban J connectivity index is 1.79. The minimum absolute atomic E-state index is 0.00250. The summed E-state index contributed by atoms with van der Waals surface area (Å²) in [5.74, 6) is 3.40. The van der Waals surface area contributed by atoms with E-state index in [1.165, 1.54) is 5.56 Å². The molecule has 0 saturated heterocycles. The molecule has 0 amide bonds. The lowest BCUT2D eigenvalue weighted by molar-refractivity contribution is 0.241. The summed E-state index contributed by atoms with van der Waals surface area (Å²) >= 11 is 0. The average Bonchev–Trinajstić information content (AvgIpc) is 2.55. The van der Waals surface area contributed by atoms with Gasteiger partial charge in [0, 0.05) is 37.0 Å². The molecule has 4 nitrogen and oxygen atoms in total. The van der Waals surface area contributed by atoms with Crippen molar-refractivity contribution in [2.75, 3.05) is 6.54 Å². The molecule has 2 heterocycles. The van der Waals surface area contributed by atoms with E-state index in [9.17, 15) is 4.79 Å². The first-order chi connectivity index (χ1) is 11.4. The van der Waals surface area contributed by atoms with Gasteiger partial charge in [-0.15, -0.1) is 6.42 Å². The van der Waals surface area contributed by atoms with E-state index >= 15 is 0 Å². The summed E-state index contributed by atoms with van der Waals surface area (Å²) in [6, 6.07) is 8.01. The number of fused-ring (bicyclic) bond motifs is 1. The van der Waals surface area contributed by atoms with E-state index in [-0.39, 0.29) is 11.0 Å². The maximum Gasteiger partial charge on any atom is 0.255 e. The fourth-order valence-corrected chi connectivity index (χ4v) is 2.94. The zero-order chi connectivity index (χ0) is 17.3. The van der Waals surface area contributed by atoms with Gasteiger partial charge in [0.15, 0.2) is 0 Å². The highest BCUT2D eigenvalue weighted by molar-refractivity contribution is 5.34. The minimum Gasteiger partial charge on any atom is -0.310 e. The molecule has 4 heteroatoms. The predicted molar refractivity (Wildman–Crippen MR) is 95.8 cm³/mol. The van der Waals surface area contributed by atoms with Crippen LogP contribution in [0.1, 0.15) is 49.0 Å². The molecule has 124 valence electrons. The highest BCUT2D eigenvalue weighted by Gasteiger charge is 2.24. The van der Waals surface area contributed by atoms with E-state index in [0.717, 1.165) is 42.2 Å². The first-order valence-corrected chi connectivity index (χ1v) is 8.27. The van der Waals surface area contributed by atoms with Gasteiger partial charge in [-0.3, -0.25) is 9.69 Å². The van der Waals surface area contributed by atoms with Crippen molar-refractivity contribution in [3.05, 3.63) is 62.8 Å². The Morgan fingerprint density at radius 1 is 1.29 bits per heavy atom. The Morgan fingerprint density at radius 3 is 2.62 bits per heavy atom. The summed E-state index contributed by atoms with van der Waals surface area (Å²) in [5, 5.41) is 0. The predicted octanol–water partition coefficient (Wildman–Crippen LogP) is 2.61. The molecule has 2 aromatic rings. The molecule has 0 unspecified atom stereocenters. The van der Waals surface area contributed by atoms with Crippen LogP contribution in [0.15, 0.2) is 29.1 Å². The Hall–Kier alpha value is -2.38. The molecule has 0 radical (unpaired) electrons. The van der Waals surface area contributed by atoms with E-state index in [4.69, 9.17) is 11.4 Å². The molecule has 0 saturated carbocycles. The van der Waals surface area contributed by atoms with Crippen LogP contribution in [0.5, 0.6) is 0 Å². The van der Waals surface area contributed by atoms with E-state index in [1.54, 1.807) is 0 Å². The van der Waals surface area contributed by atoms with Crippen molar-refractivity contribution in [3.8, 4) is 12.3 Å². The van der Waals surface area contributed by atoms with Gasteiger partial charge < -0.3 is 4.98 Å². The second-order valence-corrected chi connectivity index (χ2v) is 7.39. The fraction of sp³-hybridized carbons (Fsp3) is 0.400. The molecular weight excluding hydrogens is 298 g/mol. The maximum absolute atomic E-state index is 12.5. The van der Waals surface area contributed by atoms with Crippen LogP contribution in [0.3, 0.4) is 0 Å². The Morgan fingerprint density at radius 2 is 2.00 bits per heavy atom. The third-order valence-corrected chi connectivity index (χ3v) is 4.38. The smallest absolute Gasteiger partial charge is 0.255 e. The van der Waals surface area contributed by atoms with Gasteiger partial charge in [-0.25, -0.2) is 4.98 Å². The summed E-state index contributed by atoms with van der Waals surface area (Å²) < 4.78 is 0. The summed E-state index contributed by atoms with van der Waals surface area (Å²) in [7, 11) is 0. The number of aromatic nitrogens is 2. The monoisotopic (exact) mass is 321 g/mol. The van der Waals surface area contributed by atoms with Crippen molar-refractivity contribution >= 4 is 0 Å². The Kier molecular flexibility index (Phi) is 4.29. The van der Waals surface area contributed by atoms with Crippen molar-refractivity contribution in [1.82, 2.24) is 14.9 Å². The van der Waals surface area contributed by atoms with Crippen molar-refractivity contribution in [2.24, 2.45) is 0 Å². The van der Waals surface area contributed by atoms with Crippen molar-refractivity contribution in [2.45, 2.75) is 45.7 Å². The van der Waals surface area contributed by atoms with Gasteiger partial charge in [0.05, 0.1) is 11.3 Å². The Labute approximate surface area is 142 Å². The van der Waals surface area contributed by atoms with Crippen LogP contribution in [0.25, 0.3) is 0 Å². The van der Waals surface area contributed by atoms with Crippen LogP contribution in [0.4, 0.5) is 0 Å². The third kappa shape index (κ3) is 3.42. The van der Waals surface area contributed by atoms with Crippen molar-refractivity contribution in [3.63, 3.8) is 0 Å². The zero-order valence-corrected chi connectivity index (χ0v) is 14.5. The largest absolute Gasteiger partial charge is 0.310 e. The van der Waals surface area contributed by atoms with Gasteiger partial charge in [-0.05, 0) is 17.7 Å². The van der Waals surface area contributed by atoms with Gasteiger partial charge in [-0.2, -0.15) is 0 Å². The van der Waals surface area contributed by atoms with Crippen molar-refractivity contribution < 1.29 is 0 Å². The van der Waals surface area contributed by atoms with E-state index in [1.807, 2.05) is 12.1 Å². The highest BCUT2D eigenvalue weighted by atomic mass is 16.1. The topological polar surface area (TPSA) is 49.0 Å². The number of nitrogens with one attached hydrogen (secondary N) is 1. The summed E-state index contributed by atoms with van der Waals surface area (Å²) in [5.41, 5.74) is 3.69. The molecular formula is C20H23N3O. The van der Waals surface area contributed by atoms with Gasteiger partial charge in [0.1, 0.15) is 5.82 Å². The van der Waals surface area contributed by atoms with Crippen LogP contribution < -0.4 is 5.56 Å². The summed E-state index contributed by atoms with van der Waals surface area (Å²) in [6.45, 7) is 8.54. The summed E-state index contributed by atoms with van der Waals surface area (Å²) in [6.07, 6.45) is 6.20. The third-order valence-electron chi connectivity index (χ3n) is 4.38. The lowest BCUT2D eigenvalue weighted by Gasteiger charge is -2.29. The summed E-state index contributed by atoms with van der Waals surface area (Å²) in [4.78, 5) is 22.4. The second-order valence-electron chi connectivity index (χ2n) is 7.39. The number of benzene rings is 1. The molecule has 24 heavy (non-hydrogen) atoms. The first kappa shape index (κ1) is 16.5. The van der Waals surface area contributed by atoms with Crippen LogP contribution in [-0.2, 0) is 24.9 Å². The zero-order valence-electron chi connectivity index (χ0n) is 14.5. The minimum atomic E-state index is -0.149. The van der Waals surface area contributed by atoms with E-state index < -0.39 is 0 Å². The number of rotatable bonds is 2. The Bertz CT molecular complexity index is 835. The van der Waals surface area contributed by atoms with Crippen LogP contribution in [-0.4, -0.2) is 21.4 Å². The van der Waals surface area contributed by atoms with Crippen LogP contribution in [0.2, 0.25) is 0 Å². The highest BCUT2D eigenvalue weighted by Crippen LogP contribution is 2.21. The molecule has 0 aliphatic carbocycles. The molecule has 1 aromatic heterocycles. The quantitative estimate of drug-likeness (QED) is 0.865. The van der Waals surface area contributed by atoms with Gasteiger partial charge in [0.25, 0.3) is 5.56 Å². The lowest BCUT2D eigenvalue weighted by Crippen LogP contribution is -2.37. The van der Waals surface area contributed by atoms with Crippen LogP contribution >= 0.6 is 0 Å². The lowest BCUT2D eigenvalue weighted by atomic mass is 9.95. The molecule has 1 aliphatic rings. The van der Waals surface area contributed by atoms with Crippen LogP contribution in [0, 0.1) is 12.3 Å². The van der Waals surface area contributed by atoms with Crippen molar-refractivity contribution in [1.29, 1.82) is 0 Å². The standard InChI is InChI=1S/C20H23N3O/c1-5-14-6-8-15(9-7-14)12-23-11-10-17-16(13-23)18(24)22-19(21-17)20(2,3)4/h1,6-9H,10-13H2,2-4H3,(H,21,22,24). The van der Waals surface area contributed by atoms with Gasteiger partial charge in [0.2, 0.25) is 0 Å². The number of H-pyrrole nitrogens is 1. The molecule has 3 rings (SSSR count). The van der Waals surface area contributed by atoms with Gasteiger partial charge in [-0.1, -0.05) is 38.8 Å². The molecule has 1 aromatic carbocycles. The normalized spacial score (nSPS) is 14.9.